The maximum Gasteiger partial charge on any atom is 0.230 e. The molecule has 0 N–H and O–H groups in total. The molecule has 0 saturated carbocycles. The van der Waals surface area contributed by atoms with E-state index in [0.717, 1.165) is 0 Å². The number of sulfonamides is 1. The van der Waals surface area contributed by atoms with Crippen LogP contribution in [-0.2, 0) is 10.0 Å². The Bertz CT molecular complexity index is 346. The Hall–Kier alpha value is -0.640. The first kappa shape index (κ1) is 15.4. The molecule has 0 heterocycles. The molecule has 6 heteroatoms. The Morgan fingerprint density at radius 1 is 1.31 bits per heavy atom. The zero-order valence-electron chi connectivity index (χ0n) is 10.6. The maximum absolute atomic E-state index is 12.0. The highest BCUT2D eigenvalue weighted by molar-refractivity contribution is 7.90. The van der Waals surface area contributed by atoms with Gasteiger partial charge in [0.2, 0.25) is 10.0 Å². The molecule has 2 atom stereocenters. The number of hydrogen-bond donors (Lipinski definition) is 0. The first-order chi connectivity index (χ1) is 7.27. The van der Waals surface area contributed by atoms with Gasteiger partial charge in [0.25, 0.3) is 0 Å². The van der Waals surface area contributed by atoms with Crippen molar-refractivity contribution in [1.82, 2.24) is 9.21 Å². The second kappa shape index (κ2) is 6.18. The summed E-state index contributed by atoms with van der Waals surface area (Å²) in [7, 11) is 0.287. The predicted molar refractivity (Wildman–Crippen MR) is 64.4 cm³/mol. The SMILES string of the molecule is CCN(C(C)CN(C)C)S(=O)(=O)C(C)C#N. The van der Waals surface area contributed by atoms with Gasteiger partial charge in [-0.15, -0.1) is 0 Å². The van der Waals surface area contributed by atoms with Crippen LogP contribution in [0.2, 0.25) is 0 Å². The van der Waals surface area contributed by atoms with Crippen LogP contribution in [0.15, 0.2) is 0 Å². The lowest BCUT2D eigenvalue weighted by atomic mass is 10.3. The fraction of sp³-hybridized carbons (Fsp3) is 0.900. The van der Waals surface area contributed by atoms with Gasteiger partial charge in [0.05, 0.1) is 6.07 Å². The third kappa shape index (κ3) is 3.74. The molecule has 94 valence electrons. The molecule has 16 heavy (non-hydrogen) atoms. The summed E-state index contributed by atoms with van der Waals surface area (Å²) >= 11 is 0. The van der Waals surface area contributed by atoms with Gasteiger partial charge in [0.15, 0.2) is 5.25 Å². The lowest BCUT2D eigenvalue weighted by Gasteiger charge is -2.29. The molecule has 0 aromatic carbocycles. The molecule has 0 fully saturated rings. The van der Waals surface area contributed by atoms with Crippen LogP contribution in [0, 0.1) is 11.3 Å². The molecule has 0 rings (SSSR count). The number of nitrogens with zero attached hydrogens (tertiary/aromatic N) is 3. The molecule has 0 aliphatic heterocycles. The van der Waals surface area contributed by atoms with Crippen LogP contribution in [-0.4, -0.2) is 56.1 Å². The van der Waals surface area contributed by atoms with E-state index in [0.29, 0.717) is 13.1 Å². The van der Waals surface area contributed by atoms with Crippen LogP contribution in [0.4, 0.5) is 0 Å². The molecule has 0 bridgehead atoms. The van der Waals surface area contributed by atoms with Gasteiger partial charge in [-0.1, -0.05) is 6.92 Å². The van der Waals surface area contributed by atoms with Crippen molar-refractivity contribution < 1.29 is 8.42 Å². The first-order valence-corrected chi connectivity index (χ1v) is 6.82. The van der Waals surface area contributed by atoms with Crippen molar-refractivity contribution in [3.05, 3.63) is 0 Å². The number of hydrogen-bond acceptors (Lipinski definition) is 4. The van der Waals surface area contributed by atoms with Gasteiger partial charge in [0, 0.05) is 19.1 Å². The second-order valence-electron chi connectivity index (χ2n) is 4.13. The molecule has 2 unspecified atom stereocenters. The van der Waals surface area contributed by atoms with Gasteiger partial charge in [-0.2, -0.15) is 9.57 Å². The van der Waals surface area contributed by atoms with Crippen molar-refractivity contribution in [2.45, 2.75) is 32.1 Å². The fourth-order valence-electron chi connectivity index (χ4n) is 1.63. The van der Waals surface area contributed by atoms with E-state index < -0.39 is 15.3 Å². The zero-order chi connectivity index (χ0) is 12.9. The van der Waals surface area contributed by atoms with Gasteiger partial charge in [-0.05, 0) is 27.9 Å². The average molecular weight is 247 g/mol. The van der Waals surface area contributed by atoms with Crippen LogP contribution in [0.3, 0.4) is 0 Å². The second-order valence-corrected chi connectivity index (χ2v) is 6.34. The number of nitriles is 1. The lowest BCUT2D eigenvalue weighted by Crippen LogP contribution is -2.46. The average Bonchev–Trinajstić information content (AvgIpc) is 2.15. The Morgan fingerprint density at radius 2 is 1.81 bits per heavy atom. The Balaban J connectivity index is 4.94. The summed E-state index contributed by atoms with van der Waals surface area (Å²) in [6, 6.07) is 1.66. The van der Waals surface area contributed by atoms with Gasteiger partial charge >= 0.3 is 0 Å². The van der Waals surface area contributed by atoms with Crippen molar-refractivity contribution in [2.75, 3.05) is 27.2 Å². The van der Waals surface area contributed by atoms with Crippen LogP contribution in [0.1, 0.15) is 20.8 Å². The Labute approximate surface area is 98.7 Å². The van der Waals surface area contributed by atoms with Crippen LogP contribution in [0.25, 0.3) is 0 Å². The Kier molecular flexibility index (Phi) is 5.94. The molecule has 0 aromatic heterocycles. The fourth-order valence-corrected chi connectivity index (χ4v) is 3.10. The van der Waals surface area contributed by atoms with Crippen molar-refractivity contribution >= 4 is 10.0 Å². The highest BCUT2D eigenvalue weighted by Gasteiger charge is 2.31. The normalized spacial score (nSPS) is 16.1. The monoisotopic (exact) mass is 247 g/mol. The van der Waals surface area contributed by atoms with Crippen LogP contribution >= 0.6 is 0 Å². The lowest BCUT2D eigenvalue weighted by molar-refractivity contribution is 0.270. The van der Waals surface area contributed by atoms with Gasteiger partial charge in [-0.3, -0.25) is 0 Å². The molecule has 5 nitrogen and oxygen atoms in total. The minimum Gasteiger partial charge on any atom is -0.308 e. The molecular formula is C10H21N3O2S. The molecule has 0 saturated heterocycles. The van der Waals surface area contributed by atoms with E-state index in [1.54, 1.807) is 13.0 Å². The summed E-state index contributed by atoms with van der Waals surface area (Å²) in [5, 5.41) is 7.72. The molecule has 0 radical (unpaired) electrons. The van der Waals surface area contributed by atoms with Crippen molar-refractivity contribution in [1.29, 1.82) is 5.26 Å². The van der Waals surface area contributed by atoms with E-state index in [-0.39, 0.29) is 6.04 Å². The molecule has 0 aliphatic rings. The van der Waals surface area contributed by atoms with Crippen LogP contribution < -0.4 is 0 Å². The molecule has 0 aromatic rings. The number of rotatable bonds is 6. The quantitative estimate of drug-likeness (QED) is 0.685. The summed E-state index contributed by atoms with van der Waals surface area (Å²) in [6.45, 7) is 6.09. The van der Waals surface area contributed by atoms with E-state index in [4.69, 9.17) is 5.26 Å². The summed E-state index contributed by atoms with van der Waals surface area (Å²) in [5.74, 6) is 0. The molecular weight excluding hydrogens is 226 g/mol. The highest BCUT2D eigenvalue weighted by atomic mass is 32.2. The van der Waals surface area contributed by atoms with Gasteiger partial charge in [-0.25, -0.2) is 8.42 Å². The van der Waals surface area contributed by atoms with Gasteiger partial charge < -0.3 is 4.90 Å². The molecule has 0 spiro atoms. The van der Waals surface area contributed by atoms with Gasteiger partial charge in [0.1, 0.15) is 0 Å². The van der Waals surface area contributed by atoms with E-state index in [1.807, 2.05) is 25.9 Å². The smallest absolute Gasteiger partial charge is 0.230 e. The summed E-state index contributed by atoms with van der Waals surface area (Å²) in [6.07, 6.45) is 0. The standard InChI is InChI=1S/C10H21N3O2S/c1-6-13(9(2)8-12(4)5)16(14,15)10(3)7-11/h9-10H,6,8H2,1-5H3. The van der Waals surface area contributed by atoms with E-state index in [2.05, 4.69) is 0 Å². The minimum atomic E-state index is -3.50. The third-order valence-electron chi connectivity index (χ3n) is 2.39. The molecule has 0 aliphatic carbocycles. The largest absolute Gasteiger partial charge is 0.308 e. The maximum atomic E-state index is 12.0. The predicted octanol–water partition coefficient (Wildman–Crippen LogP) is 0.500. The van der Waals surface area contributed by atoms with Crippen molar-refractivity contribution in [2.24, 2.45) is 0 Å². The highest BCUT2D eigenvalue weighted by Crippen LogP contribution is 2.12. The third-order valence-corrected chi connectivity index (χ3v) is 4.66. The van der Waals surface area contributed by atoms with E-state index in [9.17, 15) is 8.42 Å². The zero-order valence-corrected chi connectivity index (χ0v) is 11.5. The Morgan fingerprint density at radius 3 is 2.12 bits per heavy atom. The van der Waals surface area contributed by atoms with Crippen LogP contribution in [0.5, 0.6) is 0 Å². The van der Waals surface area contributed by atoms with E-state index >= 15 is 0 Å². The summed E-state index contributed by atoms with van der Waals surface area (Å²) in [4.78, 5) is 1.93. The van der Waals surface area contributed by atoms with E-state index in [1.165, 1.54) is 11.2 Å². The summed E-state index contributed by atoms with van der Waals surface area (Å²) < 4.78 is 25.4. The summed E-state index contributed by atoms with van der Waals surface area (Å²) in [5.41, 5.74) is 0. The van der Waals surface area contributed by atoms with Crippen molar-refractivity contribution in [3.63, 3.8) is 0 Å². The molecule has 0 amide bonds. The topological polar surface area (TPSA) is 64.4 Å². The van der Waals surface area contributed by atoms with Crippen molar-refractivity contribution in [3.8, 4) is 6.07 Å². The first-order valence-electron chi connectivity index (χ1n) is 5.32. The minimum absolute atomic E-state index is 0.124. The number of likely N-dealkylation sites (N-methyl/N-ethyl adjacent to an activating group) is 2.